The van der Waals surface area contributed by atoms with Crippen LogP contribution >= 0.6 is 0 Å². The highest BCUT2D eigenvalue weighted by Crippen LogP contribution is 2.15. The molecule has 1 fully saturated rings. The Hall–Kier alpha value is -1.91. The lowest BCUT2D eigenvalue weighted by Gasteiger charge is -2.36. The molecule has 23 heavy (non-hydrogen) atoms. The molecule has 1 aliphatic rings. The van der Waals surface area contributed by atoms with Crippen molar-refractivity contribution >= 4 is 0 Å². The van der Waals surface area contributed by atoms with E-state index in [-0.39, 0.29) is 5.82 Å². The van der Waals surface area contributed by atoms with Gasteiger partial charge in [0.15, 0.2) is 0 Å². The molecule has 2 aromatic carbocycles. The molecule has 0 aliphatic carbocycles. The first-order chi connectivity index (χ1) is 11.2. The number of phenols is 1. The Labute approximate surface area is 136 Å². The van der Waals surface area contributed by atoms with E-state index in [4.69, 9.17) is 0 Å². The largest absolute Gasteiger partial charge is 0.508 e. The fourth-order valence-corrected chi connectivity index (χ4v) is 3.17. The van der Waals surface area contributed by atoms with Crippen LogP contribution in [0.4, 0.5) is 4.39 Å². The first-order valence-electron chi connectivity index (χ1n) is 8.18. The van der Waals surface area contributed by atoms with Crippen LogP contribution in [0.3, 0.4) is 0 Å². The molecular weight excluding hydrogens is 291 g/mol. The molecule has 2 N–H and O–H groups in total. The maximum atomic E-state index is 13.3. The smallest absolute Gasteiger partial charge is 0.123 e. The number of hydrogen-bond donors (Lipinski definition) is 2. The number of piperazine rings is 1. The molecule has 1 heterocycles. The van der Waals surface area contributed by atoms with Crippen molar-refractivity contribution in [2.24, 2.45) is 0 Å². The molecule has 0 bridgehead atoms. The average molecular weight is 314 g/mol. The van der Waals surface area contributed by atoms with Crippen molar-refractivity contribution in [1.82, 2.24) is 10.2 Å². The number of hydrogen-bond acceptors (Lipinski definition) is 3. The predicted octanol–water partition coefficient (Wildman–Crippen LogP) is 2.59. The lowest BCUT2D eigenvalue weighted by Crippen LogP contribution is -2.52. The van der Waals surface area contributed by atoms with Gasteiger partial charge in [0.1, 0.15) is 11.6 Å². The highest BCUT2D eigenvalue weighted by atomic mass is 19.1. The summed E-state index contributed by atoms with van der Waals surface area (Å²) in [7, 11) is 0. The van der Waals surface area contributed by atoms with Crippen molar-refractivity contribution in [3.8, 4) is 5.75 Å². The van der Waals surface area contributed by atoms with Crippen LogP contribution < -0.4 is 5.32 Å². The van der Waals surface area contributed by atoms with E-state index in [1.165, 1.54) is 11.6 Å². The van der Waals surface area contributed by atoms with Crippen LogP contribution in [0.5, 0.6) is 5.75 Å². The van der Waals surface area contributed by atoms with Crippen LogP contribution in [0.25, 0.3) is 0 Å². The quantitative estimate of drug-likeness (QED) is 0.890. The standard InChI is InChI=1S/C19H23FN2O/c20-17-3-1-2-15(12-17)8-10-22-11-9-21-14-18(22)13-16-4-6-19(23)7-5-16/h1-7,12,18,21,23H,8-11,13-14H2/t18-/m1/s1. The zero-order valence-electron chi connectivity index (χ0n) is 13.2. The van der Waals surface area contributed by atoms with E-state index in [0.717, 1.165) is 44.6 Å². The normalized spacial score (nSPS) is 18.9. The molecule has 0 aromatic heterocycles. The van der Waals surface area contributed by atoms with E-state index in [2.05, 4.69) is 10.2 Å². The van der Waals surface area contributed by atoms with Gasteiger partial charge in [-0.1, -0.05) is 24.3 Å². The van der Waals surface area contributed by atoms with Crippen LogP contribution in [0.1, 0.15) is 11.1 Å². The summed E-state index contributed by atoms with van der Waals surface area (Å²) in [6.45, 7) is 3.91. The number of nitrogens with one attached hydrogen (secondary N) is 1. The summed E-state index contributed by atoms with van der Waals surface area (Å²) in [5, 5.41) is 12.8. The van der Waals surface area contributed by atoms with E-state index in [1.54, 1.807) is 24.3 Å². The lowest BCUT2D eigenvalue weighted by molar-refractivity contribution is 0.162. The third-order valence-electron chi connectivity index (χ3n) is 4.46. The van der Waals surface area contributed by atoms with Crippen LogP contribution in [-0.2, 0) is 12.8 Å². The van der Waals surface area contributed by atoms with Gasteiger partial charge >= 0.3 is 0 Å². The molecule has 2 aromatic rings. The SMILES string of the molecule is Oc1ccc(C[C@@H]2CNCCN2CCc2cccc(F)c2)cc1. The summed E-state index contributed by atoms with van der Waals surface area (Å²) >= 11 is 0. The fourth-order valence-electron chi connectivity index (χ4n) is 3.17. The summed E-state index contributed by atoms with van der Waals surface area (Å²) in [6.07, 6.45) is 1.82. The molecule has 0 saturated carbocycles. The van der Waals surface area contributed by atoms with Gasteiger partial charge in [0.2, 0.25) is 0 Å². The van der Waals surface area contributed by atoms with E-state index < -0.39 is 0 Å². The highest BCUT2D eigenvalue weighted by molar-refractivity contribution is 5.26. The van der Waals surface area contributed by atoms with Crippen molar-refractivity contribution in [2.45, 2.75) is 18.9 Å². The van der Waals surface area contributed by atoms with Gasteiger partial charge in [-0.3, -0.25) is 4.90 Å². The van der Waals surface area contributed by atoms with Gasteiger partial charge in [-0.05, 0) is 48.2 Å². The first kappa shape index (κ1) is 16.0. The lowest BCUT2D eigenvalue weighted by atomic mass is 10.0. The van der Waals surface area contributed by atoms with Crippen LogP contribution in [0, 0.1) is 5.82 Å². The number of nitrogens with zero attached hydrogens (tertiary/aromatic N) is 1. The molecule has 0 radical (unpaired) electrons. The maximum Gasteiger partial charge on any atom is 0.123 e. The van der Waals surface area contributed by atoms with Gasteiger partial charge in [0.05, 0.1) is 0 Å². The molecule has 122 valence electrons. The van der Waals surface area contributed by atoms with Crippen molar-refractivity contribution in [1.29, 1.82) is 0 Å². The number of phenolic OH excluding ortho intramolecular Hbond substituents is 1. The van der Waals surface area contributed by atoms with Gasteiger partial charge in [0, 0.05) is 32.2 Å². The molecule has 4 heteroatoms. The second-order valence-electron chi connectivity index (χ2n) is 6.14. The van der Waals surface area contributed by atoms with Gasteiger partial charge in [0.25, 0.3) is 0 Å². The van der Waals surface area contributed by atoms with Gasteiger partial charge in [-0.2, -0.15) is 0 Å². The van der Waals surface area contributed by atoms with Crippen LogP contribution in [0.2, 0.25) is 0 Å². The molecule has 3 rings (SSSR count). The number of rotatable bonds is 5. The monoisotopic (exact) mass is 314 g/mol. The minimum Gasteiger partial charge on any atom is -0.508 e. The van der Waals surface area contributed by atoms with E-state index in [1.807, 2.05) is 18.2 Å². The van der Waals surface area contributed by atoms with E-state index >= 15 is 0 Å². The van der Waals surface area contributed by atoms with Crippen molar-refractivity contribution in [3.63, 3.8) is 0 Å². The minimum atomic E-state index is -0.163. The average Bonchev–Trinajstić information content (AvgIpc) is 2.56. The van der Waals surface area contributed by atoms with Crippen LogP contribution in [-0.4, -0.2) is 42.2 Å². The summed E-state index contributed by atoms with van der Waals surface area (Å²) in [6, 6.07) is 14.7. The molecular formula is C19H23FN2O. The van der Waals surface area contributed by atoms with Gasteiger partial charge in [-0.25, -0.2) is 4.39 Å². The zero-order valence-corrected chi connectivity index (χ0v) is 13.2. The molecule has 1 aliphatic heterocycles. The third kappa shape index (κ3) is 4.53. The summed E-state index contributed by atoms with van der Waals surface area (Å²) < 4.78 is 13.3. The number of halogens is 1. The Balaban J connectivity index is 1.60. The fraction of sp³-hybridized carbons (Fsp3) is 0.368. The molecule has 1 saturated heterocycles. The topological polar surface area (TPSA) is 35.5 Å². The molecule has 1 atom stereocenters. The second kappa shape index (κ2) is 7.57. The Kier molecular flexibility index (Phi) is 5.26. The Bertz CT molecular complexity index is 630. The number of benzene rings is 2. The first-order valence-corrected chi connectivity index (χ1v) is 8.18. The molecule has 0 unspecified atom stereocenters. The minimum absolute atomic E-state index is 0.163. The summed E-state index contributed by atoms with van der Waals surface area (Å²) in [5.41, 5.74) is 2.28. The van der Waals surface area contributed by atoms with E-state index in [9.17, 15) is 9.50 Å². The Morgan fingerprint density at radius 1 is 1.13 bits per heavy atom. The maximum absolute atomic E-state index is 13.3. The molecule has 0 amide bonds. The molecule has 0 spiro atoms. The van der Waals surface area contributed by atoms with Crippen LogP contribution in [0.15, 0.2) is 48.5 Å². The Morgan fingerprint density at radius 3 is 2.74 bits per heavy atom. The second-order valence-corrected chi connectivity index (χ2v) is 6.14. The Morgan fingerprint density at radius 2 is 1.96 bits per heavy atom. The number of aromatic hydroxyl groups is 1. The van der Waals surface area contributed by atoms with Crippen molar-refractivity contribution < 1.29 is 9.50 Å². The summed E-state index contributed by atoms with van der Waals surface area (Å²) in [5.74, 6) is 0.141. The molecule has 3 nitrogen and oxygen atoms in total. The predicted molar refractivity (Wildman–Crippen MR) is 90.1 cm³/mol. The van der Waals surface area contributed by atoms with E-state index in [0.29, 0.717) is 11.8 Å². The van der Waals surface area contributed by atoms with Gasteiger partial charge < -0.3 is 10.4 Å². The summed E-state index contributed by atoms with van der Waals surface area (Å²) in [4.78, 5) is 2.48. The third-order valence-corrected chi connectivity index (χ3v) is 4.46. The van der Waals surface area contributed by atoms with Crippen molar-refractivity contribution in [3.05, 3.63) is 65.5 Å². The highest BCUT2D eigenvalue weighted by Gasteiger charge is 2.22. The van der Waals surface area contributed by atoms with Gasteiger partial charge in [-0.15, -0.1) is 0 Å². The van der Waals surface area contributed by atoms with Crippen molar-refractivity contribution in [2.75, 3.05) is 26.2 Å². The zero-order chi connectivity index (χ0) is 16.1.